The number of amides is 1. The highest BCUT2D eigenvalue weighted by atomic mass is 16.5. The van der Waals surface area contributed by atoms with E-state index in [1.165, 1.54) is 9.47 Å². The number of hydrogen-bond acceptors (Lipinski definition) is 7. The van der Waals surface area contributed by atoms with Gasteiger partial charge in [0.15, 0.2) is 5.69 Å². The summed E-state index contributed by atoms with van der Waals surface area (Å²) in [6, 6.07) is 14.9. The molecule has 10 heteroatoms. The maximum Gasteiger partial charge on any atom is 0.330 e. The van der Waals surface area contributed by atoms with Gasteiger partial charge in [-0.05, 0) is 49.1 Å². The van der Waals surface area contributed by atoms with Crippen molar-refractivity contribution < 1.29 is 14.3 Å². The molecular weight excluding hydrogens is 498 g/mol. The van der Waals surface area contributed by atoms with E-state index in [1.807, 2.05) is 62.4 Å². The predicted octanol–water partition coefficient (Wildman–Crippen LogP) is 3.01. The predicted molar refractivity (Wildman–Crippen MR) is 152 cm³/mol. The van der Waals surface area contributed by atoms with Gasteiger partial charge in [-0.2, -0.15) is 0 Å². The van der Waals surface area contributed by atoms with Crippen LogP contribution in [-0.4, -0.2) is 54.2 Å². The highest BCUT2D eigenvalue weighted by Gasteiger charge is 2.33. The minimum absolute atomic E-state index is 0.000982. The molecule has 2 heterocycles. The molecule has 3 N–H and O–H groups in total. The number of hydrogen-bond donors (Lipinski definition) is 2. The molecule has 3 aromatic rings. The average Bonchev–Trinajstić information content (AvgIpc) is 3.38. The summed E-state index contributed by atoms with van der Waals surface area (Å²) < 4.78 is 12.3. The van der Waals surface area contributed by atoms with Crippen molar-refractivity contribution in [1.82, 2.24) is 14.5 Å². The van der Waals surface area contributed by atoms with Crippen LogP contribution in [0.1, 0.15) is 43.9 Å². The Labute approximate surface area is 228 Å². The van der Waals surface area contributed by atoms with Gasteiger partial charge in [-0.3, -0.25) is 24.0 Å². The van der Waals surface area contributed by atoms with Crippen molar-refractivity contribution in [3.05, 3.63) is 80.5 Å². The number of methoxy groups -OCH3 is 2. The molecule has 1 aliphatic heterocycles. The molecule has 0 saturated carbocycles. The molecule has 39 heavy (non-hydrogen) atoms. The second-order valence-corrected chi connectivity index (χ2v) is 10.2. The van der Waals surface area contributed by atoms with Crippen LogP contribution < -0.4 is 31.4 Å². The molecule has 1 unspecified atom stereocenters. The summed E-state index contributed by atoms with van der Waals surface area (Å²) in [5.74, 6) is 1.20. The Morgan fingerprint density at radius 3 is 2.54 bits per heavy atom. The molecule has 0 bridgehead atoms. The van der Waals surface area contributed by atoms with Crippen LogP contribution in [0.4, 0.5) is 11.5 Å². The Bertz CT molecular complexity index is 1420. The van der Waals surface area contributed by atoms with Gasteiger partial charge in [-0.1, -0.05) is 44.2 Å². The fourth-order valence-corrected chi connectivity index (χ4v) is 5.17. The number of anilines is 2. The summed E-state index contributed by atoms with van der Waals surface area (Å²) in [7, 11) is 3.24. The highest BCUT2D eigenvalue weighted by molar-refractivity contribution is 5.97. The van der Waals surface area contributed by atoms with Crippen molar-refractivity contribution in [3.63, 3.8) is 0 Å². The normalized spacial score (nSPS) is 15.5. The average molecular weight is 536 g/mol. The van der Waals surface area contributed by atoms with Gasteiger partial charge in [0.25, 0.3) is 5.56 Å². The summed E-state index contributed by atoms with van der Waals surface area (Å²) in [6.07, 6.45) is 1.76. The number of likely N-dealkylation sites (tertiary alicyclic amines) is 1. The molecule has 1 amide bonds. The fourth-order valence-electron chi connectivity index (χ4n) is 5.17. The topological polar surface area (TPSA) is 123 Å². The number of benzene rings is 2. The number of nitrogens with one attached hydrogen (secondary N) is 1. The molecule has 10 nitrogen and oxygen atoms in total. The van der Waals surface area contributed by atoms with Crippen LogP contribution in [0, 0.1) is 5.92 Å². The molecular formula is C29H37N5O5. The smallest absolute Gasteiger partial charge is 0.330 e. The number of H-pyrrole nitrogens is 1. The first-order chi connectivity index (χ1) is 18.7. The number of nitrogens with two attached hydrogens (primary N) is 1. The number of ether oxygens (including phenoxy) is 2. The Balaban J connectivity index is 1.68. The summed E-state index contributed by atoms with van der Waals surface area (Å²) in [5.41, 5.74) is 6.95. The first-order valence-electron chi connectivity index (χ1n) is 13.2. The lowest BCUT2D eigenvalue weighted by Crippen LogP contribution is -2.46. The van der Waals surface area contributed by atoms with E-state index in [0.717, 1.165) is 29.7 Å². The molecule has 1 aromatic heterocycles. The van der Waals surface area contributed by atoms with Crippen molar-refractivity contribution in [2.45, 2.75) is 39.3 Å². The molecule has 0 spiro atoms. The van der Waals surface area contributed by atoms with Crippen LogP contribution in [0.2, 0.25) is 0 Å². The zero-order chi connectivity index (χ0) is 28.1. The van der Waals surface area contributed by atoms with Crippen molar-refractivity contribution in [2.75, 3.05) is 44.5 Å². The van der Waals surface area contributed by atoms with Gasteiger partial charge in [0.05, 0.1) is 27.3 Å². The Hall–Kier alpha value is -4.05. The lowest BCUT2D eigenvalue weighted by Gasteiger charge is -2.30. The van der Waals surface area contributed by atoms with E-state index >= 15 is 0 Å². The van der Waals surface area contributed by atoms with Crippen LogP contribution in [0.5, 0.6) is 11.5 Å². The monoisotopic (exact) mass is 535 g/mol. The minimum atomic E-state index is -0.678. The summed E-state index contributed by atoms with van der Waals surface area (Å²) >= 11 is 0. The second-order valence-electron chi connectivity index (χ2n) is 10.2. The molecule has 208 valence electrons. The number of aromatic amines is 1. The van der Waals surface area contributed by atoms with Gasteiger partial charge in [-0.15, -0.1) is 0 Å². The summed E-state index contributed by atoms with van der Waals surface area (Å²) in [6.45, 7) is 5.16. The molecule has 4 rings (SSSR count). The molecule has 0 radical (unpaired) electrons. The van der Waals surface area contributed by atoms with Gasteiger partial charge < -0.3 is 20.1 Å². The number of rotatable bonds is 10. The number of carbonyl (C=O) groups excluding carboxylic acids is 1. The van der Waals surface area contributed by atoms with Crippen LogP contribution in [0.3, 0.4) is 0 Å². The van der Waals surface area contributed by atoms with Crippen LogP contribution in [0.25, 0.3) is 0 Å². The number of nitrogens with zero attached hydrogens (tertiary/aromatic N) is 3. The molecule has 1 saturated heterocycles. The molecule has 0 aliphatic carbocycles. The standard InChI is InChI=1S/C29H37N5O5/c1-19(2)16-33(26-27(30)34(29(37)31-28(26)36)17-20-9-6-5-7-10-20)25(35)18-32-14-8-11-23(32)22-15-21(38-3)12-13-24(22)39-4/h5-7,9-10,12-13,15,19,23H,8,11,14,16-18,30H2,1-4H3,(H,31,36,37). The first-order valence-corrected chi connectivity index (χ1v) is 13.2. The lowest BCUT2D eigenvalue weighted by molar-refractivity contribution is -0.120. The highest BCUT2D eigenvalue weighted by Crippen LogP contribution is 2.39. The van der Waals surface area contributed by atoms with Crippen LogP contribution >= 0.6 is 0 Å². The Kier molecular flexibility index (Phi) is 8.75. The van der Waals surface area contributed by atoms with Crippen molar-refractivity contribution >= 4 is 17.4 Å². The largest absolute Gasteiger partial charge is 0.497 e. The minimum Gasteiger partial charge on any atom is -0.497 e. The van der Waals surface area contributed by atoms with E-state index in [-0.39, 0.29) is 49.0 Å². The molecule has 1 aliphatic rings. The van der Waals surface area contributed by atoms with Crippen molar-refractivity contribution in [1.29, 1.82) is 0 Å². The van der Waals surface area contributed by atoms with E-state index in [2.05, 4.69) is 9.88 Å². The molecule has 1 atom stereocenters. The van der Waals surface area contributed by atoms with Gasteiger partial charge in [0.1, 0.15) is 17.3 Å². The van der Waals surface area contributed by atoms with E-state index in [4.69, 9.17) is 15.2 Å². The summed E-state index contributed by atoms with van der Waals surface area (Å²) in [5, 5.41) is 0. The van der Waals surface area contributed by atoms with E-state index in [0.29, 0.717) is 12.3 Å². The van der Waals surface area contributed by atoms with Crippen molar-refractivity contribution in [2.24, 2.45) is 5.92 Å². The summed E-state index contributed by atoms with van der Waals surface area (Å²) in [4.78, 5) is 45.6. The third kappa shape index (κ3) is 6.17. The van der Waals surface area contributed by atoms with Gasteiger partial charge >= 0.3 is 5.69 Å². The van der Waals surface area contributed by atoms with Gasteiger partial charge in [0.2, 0.25) is 5.91 Å². The SMILES string of the molecule is COc1ccc(OC)c(C2CCCN2CC(=O)N(CC(C)C)c2c(N)n(Cc3ccccc3)c(=O)[nH]c2=O)c1. The van der Waals surface area contributed by atoms with E-state index in [9.17, 15) is 14.4 Å². The maximum absolute atomic E-state index is 13.9. The zero-order valence-electron chi connectivity index (χ0n) is 23.0. The quantitative estimate of drug-likeness (QED) is 0.409. The number of aromatic nitrogens is 2. The molecule has 2 aromatic carbocycles. The number of carbonyl (C=O) groups is 1. The van der Waals surface area contributed by atoms with Gasteiger partial charge in [0, 0.05) is 18.2 Å². The Morgan fingerprint density at radius 1 is 1.13 bits per heavy atom. The second kappa shape index (κ2) is 12.2. The lowest BCUT2D eigenvalue weighted by atomic mass is 10.0. The van der Waals surface area contributed by atoms with E-state index in [1.54, 1.807) is 14.2 Å². The van der Waals surface area contributed by atoms with Gasteiger partial charge in [-0.25, -0.2) is 4.79 Å². The third-order valence-electron chi connectivity index (χ3n) is 7.01. The van der Waals surface area contributed by atoms with E-state index < -0.39 is 11.2 Å². The molecule has 1 fully saturated rings. The third-order valence-corrected chi connectivity index (χ3v) is 7.01. The zero-order valence-corrected chi connectivity index (χ0v) is 23.0. The number of nitrogen functional groups attached to an aromatic ring is 1. The fraction of sp³-hybridized carbons (Fsp3) is 0.414. The van der Waals surface area contributed by atoms with Crippen LogP contribution in [-0.2, 0) is 11.3 Å². The first kappa shape index (κ1) is 28.0. The maximum atomic E-state index is 13.9. The van der Waals surface area contributed by atoms with Crippen LogP contribution in [0.15, 0.2) is 58.1 Å². The Morgan fingerprint density at radius 2 is 1.87 bits per heavy atom. The van der Waals surface area contributed by atoms with Crippen molar-refractivity contribution in [3.8, 4) is 11.5 Å².